The minimum absolute atomic E-state index is 0.139. The summed E-state index contributed by atoms with van der Waals surface area (Å²) in [4.78, 5) is 38.0. The molecule has 370 valence electrons. The maximum Gasteiger partial charge on any atom is 0.306 e. The van der Waals surface area contributed by atoms with Crippen LogP contribution in [-0.2, 0) is 28.6 Å². The molecule has 0 aliphatic carbocycles. The van der Waals surface area contributed by atoms with Gasteiger partial charge in [0.05, 0.1) is 0 Å². The van der Waals surface area contributed by atoms with E-state index in [2.05, 4.69) is 130 Å². The molecule has 0 aliphatic rings. The fourth-order valence-corrected chi connectivity index (χ4v) is 6.53. The summed E-state index contributed by atoms with van der Waals surface area (Å²) in [5.41, 5.74) is 0. The molecule has 6 nitrogen and oxygen atoms in total. The summed E-state index contributed by atoms with van der Waals surface area (Å²) in [6.07, 6.45) is 74.6. The molecule has 0 radical (unpaired) electrons. The molecule has 0 rings (SSSR count). The number of rotatable bonds is 45. The summed E-state index contributed by atoms with van der Waals surface area (Å²) < 4.78 is 16.6. The van der Waals surface area contributed by atoms with Crippen LogP contribution in [0.5, 0.6) is 0 Å². The van der Waals surface area contributed by atoms with E-state index in [1.165, 1.54) is 57.8 Å². The standard InChI is InChI=1S/C60H94O6/c1-4-7-10-13-16-19-22-25-28-31-34-37-40-43-46-49-52-58(61)64-55-57(66-60(63)54-51-48-45-42-39-36-33-30-27-24-21-18-15-12-9-6-3)56-65-59(62)53-50-47-44-41-38-35-32-29-26-23-20-17-14-11-8-5-2/h7,9-10,12,16,18-19,21,25,27-30,32,34,36-37,39,43,45-46,48,57H,4-6,8,11,13-15,17,20,22-24,26,31,33,35,38,40-42,44,47,49-56H2,1-3H3/b10-7-,12-9-,19-16-,21-18-,28-25-,30-27-,32-29-,37-34-,39-36-,46-43-,48-45-. The summed E-state index contributed by atoms with van der Waals surface area (Å²) in [6.45, 7) is 6.25. The van der Waals surface area contributed by atoms with Gasteiger partial charge in [0.15, 0.2) is 6.10 Å². The smallest absolute Gasteiger partial charge is 0.306 e. The van der Waals surface area contributed by atoms with Crippen molar-refractivity contribution in [2.45, 2.75) is 213 Å². The van der Waals surface area contributed by atoms with Gasteiger partial charge in [0, 0.05) is 19.3 Å². The highest BCUT2D eigenvalue weighted by Gasteiger charge is 2.19. The van der Waals surface area contributed by atoms with Gasteiger partial charge in [-0.05, 0) is 109 Å². The highest BCUT2D eigenvalue weighted by molar-refractivity contribution is 5.71. The summed E-state index contributed by atoms with van der Waals surface area (Å²) in [5, 5.41) is 0. The van der Waals surface area contributed by atoms with E-state index in [0.717, 1.165) is 96.3 Å². The third kappa shape index (κ3) is 50.5. The molecule has 0 saturated heterocycles. The van der Waals surface area contributed by atoms with E-state index in [0.29, 0.717) is 19.3 Å². The van der Waals surface area contributed by atoms with Gasteiger partial charge in [0.25, 0.3) is 0 Å². The molecule has 0 saturated carbocycles. The molecular formula is C60H94O6. The van der Waals surface area contributed by atoms with Crippen LogP contribution in [0.3, 0.4) is 0 Å². The largest absolute Gasteiger partial charge is 0.462 e. The number of allylic oxidation sites excluding steroid dienone is 22. The highest BCUT2D eigenvalue weighted by atomic mass is 16.6. The van der Waals surface area contributed by atoms with Crippen LogP contribution in [0.25, 0.3) is 0 Å². The molecule has 0 amide bonds. The van der Waals surface area contributed by atoms with Crippen molar-refractivity contribution in [1.29, 1.82) is 0 Å². The zero-order chi connectivity index (χ0) is 47.9. The van der Waals surface area contributed by atoms with Gasteiger partial charge in [-0.15, -0.1) is 0 Å². The van der Waals surface area contributed by atoms with E-state index in [9.17, 15) is 14.4 Å². The molecule has 0 aromatic heterocycles. The maximum atomic E-state index is 12.8. The van der Waals surface area contributed by atoms with Crippen molar-refractivity contribution in [3.63, 3.8) is 0 Å². The van der Waals surface area contributed by atoms with Crippen LogP contribution in [0.2, 0.25) is 0 Å². The zero-order valence-corrected chi connectivity index (χ0v) is 42.1. The number of ether oxygens (including phenoxy) is 3. The van der Waals surface area contributed by atoms with E-state index in [1.54, 1.807) is 0 Å². The van der Waals surface area contributed by atoms with Gasteiger partial charge in [-0.2, -0.15) is 0 Å². The van der Waals surface area contributed by atoms with Crippen molar-refractivity contribution in [2.24, 2.45) is 0 Å². The normalized spacial score (nSPS) is 13.2. The van der Waals surface area contributed by atoms with Crippen molar-refractivity contribution < 1.29 is 28.6 Å². The number of carbonyl (C=O) groups is 3. The lowest BCUT2D eigenvalue weighted by atomic mass is 10.1. The topological polar surface area (TPSA) is 78.9 Å². The molecule has 0 fully saturated rings. The van der Waals surface area contributed by atoms with Crippen LogP contribution in [-0.4, -0.2) is 37.2 Å². The number of hydrogen-bond acceptors (Lipinski definition) is 6. The summed E-state index contributed by atoms with van der Waals surface area (Å²) in [5.74, 6) is -1.13. The summed E-state index contributed by atoms with van der Waals surface area (Å²) in [7, 11) is 0. The maximum absolute atomic E-state index is 12.8. The molecule has 0 aliphatic heterocycles. The number of esters is 3. The predicted molar refractivity (Wildman–Crippen MR) is 283 cm³/mol. The first-order chi connectivity index (χ1) is 32.5. The fourth-order valence-electron chi connectivity index (χ4n) is 6.53. The molecule has 1 unspecified atom stereocenters. The molecule has 0 spiro atoms. The average Bonchev–Trinajstić information content (AvgIpc) is 3.31. The first kappa shape index (κ1) is 61.5. The Kier molecular flexibility index (Phi) is 49.6. The van der Waals surface area contributed by atoms with E-state index in [4.69, 9.17) is 14.2 Å². The van der Waals surface area contributed by atoms with Crippen molar-refractivity contribution in [3.05, 3.63) is 134 Å². The number of unbranched alkanes of at least 4 members (excludes halogenated alkanes) is 12. The van der Waals surface area contributed by atoms with E-state index < -0.39 is 12.1 Å². The van der Waals surface area contributed by atoms with Crippen molar-refractivity contribution >= 4 is 17.9 Å². The first-order valence-corrected chi connectivity index (χ1v) is 26.2. The molecule has 0 heterocycles. The second kappa shape index (κ2) is 53.2. The van der Waals surface area contributed by atoms with Gasteiger partial charge in [0.2, 0.25) is 0 Å². The summed E-state index contributed by atoms with van der Waals surface area (Å²) in [6, 6.07) is 0. The average molecular weight is 911 g/mol. The van der Waals surface area contributed by atoms with Gasteiger partial charge < -0.3 is 14.2 Å². The minimum atomic E-state index is -0.855. The quantitative estimate of drug-likeness (QED) is 0.0262. The van der Waals surface area contributed by atoms with Gasteiger partial charge in [-0.1, -0.05) is 212 Å². The van der Waals surface area contributed by atoms with Crippen LogP contribution in [0.4, 0.5) is 0 Å². The predicted octanol–water partition coefficient (Wildman–Crippen LogP) is 17.5. The van der Waals surface area contributed by atoms with Gasteiger partial charge in [-0.25, -0.2) is 0 Å². The Bertz CT molecular complexity index is 1460. The Hall–Kier alpha value is -4.45. The van der Waals surface area contributed by atoms with Crippen LogP contribution < -0.4 is 0 Å². The third-order valence-electron chi connectivity index (χ3n) is 10.4. The Morgan fingerprint density at radius 1 is 0.318 bits per heavy atom. The Balaban J connectivity index is 4.63. The lowest BCUT2D eigenvalue weighted by Gasteiger charge is -2.18. The fraction of sp³-hybridized carbons (Fsp3) is 0.583. The van der Waals surface area contributed by atoms with Crippen LogP contribution >= 0.6 is 0 Å². The van der Waals surface area contributed by atoms with Crippen LogP contribution in [0, 0.1) is 0 Å². The second-order valence-corrected chi connectivity index (χ2v) is 16.7. The van der Waals surface area contributed by atoms with Gasteiger partial charge in [-0.3, -0.25) is 14.4 Å². The SMILES string of the molecule is CC/C=C\C/C=C\C/C=C\C/C=C\C/C=C\CCC(=O)OCC(COC(=O)CCCCCCC/C=C\CCCCCCCCC)OC(=O)CC/C=C\C/C=C\C/C=C\C/C=C\C/C=C\CC. The van der Waals surface area contributed by atoms with Gasteiger partial charge in [0.1, 0.15) is 13.2 Å². The molecule has 66 heavy (non-hydrogen) atoms. The van der Waals surface area contributed by atoms with Crippen LogP contribution in [0.1, 0.15) is 207 Å². The Morgan fingerprint density at radius 2 is 0.621 bits per heavy atom. The highest BCUT2D eigenvalue weighted by Crippen LogP contribution is 2.12. The second-order valence-electron chi connectivity index (χ2n) is 16.7. The number of hydrogen-bond donors (Lipinski definition) is 0. The molecule has 0 bridgehead atoms. The van der Waals surface area contributed by atoms with E-state index in [-0.39, 0.29) is 38.0 Å². The van der Waals surface area contributed by atoms with Gasteiger partial charge >= 0.3 is 17.9 Å². The molecular weight excluding hydrogens is 817 g/mol. The Labute approximate surface area is 405 Å². The monoisotopic (exact) mass is 911 g/mol. The Morgan fingerprint density at radius 3 is 1.02 bits per heavy atom. The third-order valence-corrected chi connectivity index (χ3v) is 10.4. The van der Waals surface area contributed by atoms with Crippen molar-refractivity contribution in [3.8, 4) is 0 Å². The lowest BCUT2D eigenvalue weighted by Crippen LogP contribution is -2.30. The minimum Gasteiger partial charge on any atom is -0.462 e. The number of carbonyl (C=O) groups excluding carboxylic acids is 3. The summed E-state index contributed by atoms with van der Waals surface area (Å²) >= 11 is 0. The first-order valence-electron chi connectivity index (χ1n) is 26.2. The molecule has 6 heteroatoms. The van der Waals surface area contributed by atoms with E-state index in [1.807, 2.05) is 24.3 Å². The molecule has 0 aromatic rings. The lowest BCUT2D eigenvalue weighted by molar-refractivity contribution is -0.166. The van der Waals surface area contributed by atoms with E-state index >= 15 is 0 Å². The molecule has 0 N–H and O–H groups in total. The molecule has 0 aromatic carbocycles. The zero-order valence-electron chi connectivity index (χ0n) is 42.1. The van der Waals surface area contributed by atoms with Crippen molar-refractivity contribution in [1.82, 2.24) is 0 Å². The van der Waals surface area contributed by atoms with Crippen LogP contribution in [0.15, 0.2) is 134 Å². The molecule has 1 atom stereocenters. The van der Waals surface area contributed by atoms with Crippen molar-refractivity contribution in [2.75, 3.05) is 13.2 Å².